The van der Waals surface area contributed by atoms with Gasteiger partial charge in [-0.2, -0.15) is 0 Å². The molecule has 0 aliphatic carbocycles. The standard InChI is InChI=1S/C15H22N2O6/c1-2-3-4-5-14(20)22-9-11-10(18)8-13(23-11)17-7-6-12(19)16-15(17)21/h6-7,10-11,13,18H,2-5,8-9H2,1H3,(H,16,19,21)/t10?,11-,13-/m0/s1. The second kappa shape index (κ2) is 8.07. The zero-order chi connectivity index (χ0) is 16.8. The molecule has 0 spiro atoms. The summed E-state index contributed by atoms with van der Waals surface area (Å²) in [6.07, 6.45) is 2.39. The molecule has 2 N–H and O–H groups in total. The van der Waals surface area contributed by atoms with E-state index in [1.165, 1.54) is 16.8 Å². The van der Waals surface area contributed by atoms with E-state index in [-0.39, 0.29) is 19.0 Å². The van der Waals surface area contributed by atoms with E-state index in [2.05, 4.69) is 4.98 Å². The number of aliphatic hydroxyl groups excluding tert-OH is 1. The normalized spacial score (nSPS) is 23.8. The molecule has 1 saturated heterocycles. The molecule has 1 fully saturated rings. The summed E-state index contributed by atoms with van der Waals surface area (Å²) in [5, 5.41) is 9.99. The number of H-pyrrole nitrogens is 1. The highest BCUT2D eigenvalue weighted by Gasteiger charge is 2.36. The van der Waals surface area contributed by atoms with Gasteiger partial charge in [0.2, 0.25) is 0 Å². The molecule has 0 saturated carbocycles. The van der Waals surface area contributed by atoms with Crippen LogP contribution in [0.1, 0.15) is 45.3 Å². The fourth-order valence-electron chi connectivity index (χ4n) is 2.46. The van der Waals surface area contributed by atoms with Gasteiger partial charge < -0.3 is 14.6 Å². The monoisotopic (exact) mass is 326 g/mol. The van der Waals surface area contributed by atoms with Gasteiger partial charge in [0.25, 0.3) is 5.56 Å². The zero-order valence-corrected chi connectivity index (χ0v) is 13.1. The van der Waals surface area contributed by atoms with E-state index in [4.69, 9.17) is 9.47 Å². The van der Waals surface area contributed by atoms with Crippen LogP contribution >= 0.6 is 0 Å². The highest BCUT2D eigenvalue weighted by Crippen LogP contribution is 2.27. The minimum absolute atomic E-state index is 0.0548. The van der Waals surface area contributed by atoms with Crippen LogP contribution in [-0.4, -0.2) is 39.4 Å². The van der Waals surface area contributed by atoms with E-state index in [1.54, 1.807) is 0 Å². The zero-order valence-electron chi connectivity index (χ0n) is 13.1. The molecule has 0 amide bonds. The Labute approximate surface area is 133 Å². The molecule has 0 bridgehead atoms. The predicted molar refractivity (Wildman–Crippen MR) is 81.0 cm³/mol. The van der Waals surface area contributed by atoms with Gasteiger partial charge in [-0.3, -0.25) is 19.1 Å². The number of carbonyl (C=O) groups is 1. The van der Waals surface area contributed by atoms with Crippen molar-refractivity contribution in [3.8, 4) is 0 Å². The second-order valence-corrected chi connectivity index (χ2v) is 5.59. The second-order valence-electron chi connectivity index (χ2n) is 5.59. The minimum Gasteiger partial charge on any atom is -0.463 e. The Morgan fingerprint density at radius 2 is 2.26 bits per heavy atom. The van der Waals surface area contributed by atoms with E-state index < -0.39 is 29.7 Å². The van der Waals surface area contributed by atoms with Gasteiger partial charge in [-0.1, -0.05) is 19.8 Å². The van der Waals surface area contributed by atoms with Crippen molar-refractivity contribution in [3.05, 3.63) is 33.1 Å². The summed E-state index contributed by atoms with van der Waals surface area (Å²) in [5.74, 6) is -0.320. The molecule has 3 atom stereocenters. The number of rotatable bonds is 7. The summed E-state index contributed by atoms with van der Waals surface area (Å²) in [7, 11) is 0. The third-order valence-corrected chi connectivity index (χ3v) is 3.76. The lowest BCUT2D eigenvalue weighted by molar-refractivity contribution is -0.150. The number of ether oxygens (including phenoxy) is 2. The van der Waals surface area contributed by atoms with Crippen LogP contribution in [0, 0.1) is 0 Å². The fraction of sp³-hybridized carbons (Fsp3) is 0.667. The SMILES string of the molecule is CCCCCC(=O)OC[C@@H]1O[C@H](n2ccc(=O)[nH]c2=O)CC1O. The number of carbonyl (C=O) groups excluding carboxylic acids is 1. The summed E-state index contributed by atoms with van der Waals surface area (Å²) < 4.78 is 11.9. The molecule has 1 unspecified atom stereocenters. The lowest BCUT2D eigenvalue weighted by Crippen LogP contribution is -2.32. The molecule has 0 aromatic carbocycles. The Morgan fingerprint density at radius 1 is 1.48 bits per heavy atom. The van der Waals surface area contributed by atoms with Crippen LogP contribution in [0.2, 0.25) is 0 Å². The summed E-state index contributed by atoms with van der Waals surface area (Å²) in [6.45, 7) is 1.99. The number of nitrogens with zero attached hydrogens (tertiary/aromatic N) is 1. The topological polar surface area (TPSA) is 111 Å². The van der Waals surface area contributed by atoms with E-state index in [1.807, 2.05) is 6.92 Å². The van der Waals surface area contributed by atoms with Gasteiger partial charge in [-0.05, 0) is 6.42 Å². The third kappa shape index (κ3) is 4.77. The van der Waals surface area contributed by atoms with Crippen LogP contribution in [0.25, 0.3) is 0 Å². The Bertz CT molecular complexity index is 637. The molecule has 0 radical (unpaired) electrons. The number of hydrogen-bond donors (Lipinski definition) is 2. The van der Waals surface area contributed by atoms with Gasteiger partial charge in [0.05, 0.1) is 6.10 Å². The van der Waals surface area contributed by atoms with Crippen LogP contribution < -0.4 is 11.2 Å². The van der Waals surface area contributed by atoms with E-state index in [0.717, 1.165) is 19.3 Å². The number of aliphatic hydroxyl groups is 1. The molecule has 128 valence electrons. The highest BCUT2D eigenvalue weighted by atomic mass is 16.6. The maximum atomic E-state index is 11.7. The van der Waals surface area contributed by atoms with E-state index >= 15 is 0 Å². The van der Waals surface area contributed by atoms with Crippen molar-refractivity contribution in [2.24, 2.45) is 0 Å². The first-order chi connectivity index (χ1) is 11.0. The molecule has 23 heavy (non-hydrogen) atoms. The fourth-order valence-corrected chi connectivity index (χ4v) is 2.46. The van der Waals surface area contributed by atoms with Gasteiger partial charge in [-0.25, -0.2) is 4.79 Å². The number of esters is 1. The first-order valence-corrected chi connectivity index (χ1v) is 7.82. The van der Waals surface area contributed by atoms with Crippen molar-refractivity contribution in [3.63, 3.8) is 0 Å². The first-order valence-electron chi connectivity index (χ1n) is 7.82. The number of nitrogens with one attached hydrogen (secondary N) is 1. The van der Waals surface area contributed by atoms with Crippen molar-refractivity contribution in [1.82, 2.24) is 9.55 Å². The Kier molecular flexibility index (Phi) is 6.12. The van der Waals surface area contributed by atoms with Crippen LogP contribution in [0.5, 0.6) is 0 Å². The first kappa shape index (κ1) is 17.4. The Morgan fingerprint density at radius 3 is 2.96 bits per heavy atom. The largest absolute Gasteiger partial charge is 0.463 e. The molecule has 1 aliphatic heterocycles. The summed E-state index contributed by atoms with van der Waals surface area (Å²) in [4.78, 5) is 36.5. The van der Waals surface area contributed by atoms with Gasteiger partial charge in [-0.15, -0.1) is 0 Å². The summed E-state index contributed by atoms with van der Waals surface area (Å²) in [6, 6.07) is 1.21. The maximum absolute atomic E-state index is 11.7. The summed E-state index contributed by atoms with van der Waals surface area (Å²) in [5.41, 5.74) is -1.10. The average Bonchev–Trinajstić information content (AvgIpc) is 2.86. The Hall–Kier alpha value is -1.93. The quantitative estimate of drug-likeness (QED) is 0.551. The number of unbranched alkanes of at least 4 members (excludes halogenated alkanes) is 2. The van der Waals surface area contributed by atoms with E-state index in [0.29, 0.717) is 6.42 Å². The van der Waals surface area contributed by atoms with Crippen LogP contribution in [0.3, 0.4) is 0 Å². The molecular formula is C15H22N2O6. The average molecular weight is 326 g/mol. The van der Waals surface area contributed by atoms with Crippen molar-refractivity contribution in [2.45, 2.75) is 57.5 Å². The minimum atomic E-state index is -0.845. The molecule has 2 rings (SSSR count). The smallest absolute Gasteiger partial charge is 0.330 e. The molecule has 2 heterocycles. The Balaban J connectivity index is 1.87. The van der Waals surface area contributed by atoms with Crippen molar-refractivity contribution in [1.29, 1.82) is 0 Å². The van der Waals surface area contributed by atoms with Gasteiger partial charge >= 0.3 is 11.7 Å². The predicted octanol–water partition coefficient (Wildman–Crippen LogP) is 0.308. The number of aromatic nitrogens is 2. The van der Waals surface area contributed by atoms with Gasteiger partial charge in [0, 0.05) is 25.1 Å². The lowest BCUT2D eigenvalue weighted by atomic mass is 10.2. The van der Waals surface area contributed by atoms with Crippen molar-refractivity contribution in [2.75, 3.05) is 6.61 Å². The molecule has 1 aromatic rings. The van der Waals surface area contributed by atoms with E-state index in [9.17, 15) is 19.5 Å². The maximum Gasteiger partial charge on any atom is 0.330 e. The number of aromatic amines is 1. The van der Waals surface area contributed by atoms with Crippen LogP contribution in [0.15, 0.2) is 21.9 Å². The summed E-state index contributed by atoms with van der Waals surface area (Å²) >= 11 is 0. The molecular weight excluding hydrogens is 304 g/mol. The highest BCUT2D eigenvalue weighted by molar-refractivity contribution is 5.69. The van der Waals surface area contributed by atoms with Crippen LogP contribution in [0.4, 0.5) is 0 Å². The molecule has 8 heteroatoms. The lowest BCUT2D eigenvalue weighted by Gasteiger charge is -2.16. The molecule has 8 nitrogen and oxygen atoms in total. The molecule has 1 aliphatic rings. The third-order valence-electron chi connectivity index (χ3n) is 3.76. The van der Waals surface area contributed by atoms with Crippen molar-refractivity contribution >= 4 is 5.97 Å². The van der Waals surface area contributed by atoms with Crippen LogP contribution in [-0.2, 0) is 14.3 Å². The number of hydrogen-bond acceptors (Lipinski definition) is 6. The van der Waals surface area contributed by atoms with Crippen molar-refractivity contribution < 1.29 is 19.4 Å². The molecule has 1 aromatic heterocycles. The van der Waals surface area contributed by atoms with Gasteiger partial charge in [0.1, 0.15) is 18.9 Å². The van der Waals surface area contributed by atoms with Gasteiger partial charge in [0.15, 0.2) is 0 Å².